The number of benzene rings is 1. The van der Waals surface area contributed by atoms with Gasteiger partial charge in [0.25, 0.3) is 5.76 Å². The predicted octanol–water partition coefficient (Wildman–Crippen LogP) is 2.52. The third-order valence-corrected chi connectivity index (χ3v) is 2.98. The van der Waals surface area contributed by atoms with Crippen LogP contribution < -0.4 is 15.2 Å². The van der Waals surface area contributed by atoms with Crippen LogP contribution in [0.2, 0.25) is 0 Å². The second-order valence-electron chi connectivity index (χ2n) is 3.25. The smallest absolute Gasteiger partial charge is 0.289 e. The molecule has 6 heteroatoms. The van der Waals surface area contributed by atoms with Crippen molar-refractivity contribution < 1.29 is 18.3 Å². The molecule has 96 valence electrons. The molecule has 0 saturated carbocycles. The first-order valence-corrected chi connectivity index (χ1v) is 5.90. The molecule has 0 aliphatic rings. The van der Waals surface area contributed by atoms with Gasteiger partial charge in [0.05, 0.1) is 19.1 Å². The molecule has 1 aromatic rings. The van der Waals surface area contributed by atoms with Crippen LogP contribution in [0.25, 0.3) is 0 Å². The summed E-state index contributed by atoms with van der Waals surface area (Å²) in [5.41, 5.74) is 6.36. The minimum Gasteiger partial charge on any atom is -0.495 e. The molecule has 0 atom stereocenters. The Bertz CT molecular complexity index is 349. The Hall–Kier alpha value is -1.01. The number of hydrogen-bond donors (Lipinski definition) is 1. The molecule has 0 aromatic heterocycles. The van der Waals surface area contributed by atoms with Crippen LogP contribution in [0.15, 0.2) is 17.0 Å². The summed E-state index contributed by atoms with van der Waals surface area (Å²) in [4.78, 5) is 0.311. The molecule has 0 aliphatic carbocycles. The zero-order chi connectivity index (χ0) is 12.8. The van der Waals surface area contributed by atoms with E-state index >= 15 is 0 Å². The maximum Gasteiger partial charge on any atom is 0.289 e. The van der Waals surface area contributed by atoms with Gasteiger partial charge in [-0.1, -0.05) is 0 Å². The monoisotopic (exact) mass is 263 g/mol. The number of methoxy groups -OCH3 is 2. The summed E-state index contributed by atoms with van der Waals surface area (Å²) < 4.78 is 35.1. The van der Waals surface area contributed by atoms with E-state index in [4.69, 9.17) is 15.2 Å². The number of halogens is 2. The molecule has 17 heavy (non-hydrogen) atoms. The molecular weight excluding hydrogens is 248 g/mol. The zero-order valence-electron chi connectivity index (χ0n) is 9.70. The van der Waals surface area contributed by atoms with Crippen LogP contribution in [0.3, 0.4) is 0 Å². The summed E-state index contributed by atoms with van der Waals surface area (Å²) in [6.07, 6.45) is 0.645. The van der Waals surface area contributed by atoms with Gasteiger partial charge in [0.2, 0.25) is 0 Å². The van der Waals surface area contributed by atoms with Gasteiger partial charge in [-0.15, -0.1) is 0 Å². The van der Waals surface area contributed by atoms with E-state index in [0.717, 1.165) is 5.56 Å². The van der Waals surface area contributed by atoms with E-state index in [-0.39, 0.29) is 0 Å². The quantitative estimate of drug-likeness (QED) is 0.801. The van der Waals surface area contributed by atoms with E-state index in [1.165, 1.54) is 14.2 Å². The number of rotatable bonds is 6. The summed E-state index contributed by atoms with van der Waals surface area (Å²) in [7, 11) is 2.88. The van der Waals surface area contributed by atoms with E-state index in [2.05, 4.69) is 0 Å². The molecule has 0 bridgehead atoms. The Balaban J connectivity index is 3.16. The van der Waals surface area contributed by atoms with Gasteiger partial charge in [-0.25, -0.2) is 0 Å². The van der Waals surface area contributed by atoms with Gasteiger partial charge >= 0.3 is 0 Å². The Morgan fingerprint density at radius 2 is 1.76 bits per heavy atom. The molecule has 1 rings (SSSR count). The largest absolute Gasteiger partial charge is 0.495 e. The van der Waals surface area contributed by atoms with Crippen molar-refractivity contribution in [2.75, 3.05) is 20.8 Å². The minimum atomic E-state index is -2.52. The van der Waals surface area contributed by atoms with Crippen LogP contribution in [0.1, 0.15) is 5.56 Å². The number of nitrogens with two attached hydrogens (primary N) is 1. The first-order valence-electron chi connectivity index (χ1n) is 5.02. The summed E-state index contributed by atoms with van der Waals surface area (Å²) >= 11 is 0.413. The van der Waals surface area contributed by atoms with Gasteiger partial charge in [0, 0.05) is 0 Å². The van der Waals surface area contributed by atoms with Crippen molar-refractivity contribution in [1.82, 2.24) is 0 Å². The van der Waals surface area contributed by atoms with Gasteiger partial charge in [-0.2, -0.15) is 8.78 Å². The van der Waals surface area contributed by atoms with Crippen molar-refractivity contribution in [3.05, 3.63) is 17.7 Å². The first-order chi connectivity index (χ1) is 8.12. The van der Waals surface area contributed by atoms with Crippen LogP contribution >= 0.6 is 11.8 Å². The van der Waals surface area contributed by atoms with E-state index in [1.54, 1.807) is 12.1 Å². The van der Waals surface area contributed by atoms with Crippen molar-refractivity contribution in [3.63, 3.8) is 0 Å². The molecule has 2 N–H and O–H groups in total. The van der Waals surface area contributed by atoms with E-state index in [0.29, 0.717) is 41.1 Å². The second-order valence-corrected chi connectivity index (χ2v) is 4.25. The van der Waals surface area contributed by atoms with Gasteiger partial charge in [-0.3, -0.25) is 0 Å². The molecule has 0 amide bonds. The van der Waals surface area contributed by atoms with Crippen molar-refractivity contribution in [2.24, 2.45) is 5.73 Å². The van der Waals surface area contributed by atoms with Gasteiger partial charge in [0.1, 0.15) is 11.5 Å². The SMILES string of the molecule is COc1cc(CCN)cc(OC)c1SC(F)F. The fraction of sp³-hybridized carbons (Fsp3) is 0.455. The maximum absolute atomic E-state index is 12.4. The second kappa shape index (κ2) is 6.66. The van der Waals surface area contributed by atoms with Crippen molar-refractivity contribution in [3.8, 4) is 11.5 Å². The minimum absolute atomic E-state index is 0.311. The van der Waals surface area contributed by atoms with Crippen LogP contribution in [0.4, 0.5) is 8.78 Å². The highest BCUT2D eigenvalue weighted by Crippen LogP contribution is 2.41. The van der Waals surface area contributed by atoms with Crippen molar-refractivity contribution in [1.29, 1.82) is 0 Å². The van der Waals surface area contributed by atoms with Crippen LogP contribution in [0.5, 0.6) is 11.5 Å². The fourth-order valence-electron chi connectivity index (χ4n) is 1.45. The van der Waals surface area contributed by atoms with E-state index in [9.17, 15) is 8.78 Å². The van der Waals surface area contributed by atoms with Gasteiger partial charge < -0.3 is 15.2 Å². The Kier molecular flexibility index (Phi) is 5.50. The third kappa shape index (κ3) is 3.74. The third-order valence-electron chi connectivity index (χ3n) is 2.16. The van der Waals surface area contributed by atoms with Crippen LogP contribution in [-0.4, -0.2) is 26.5 Å². The lowest BCUT2D eigenvalue weighted by molar-refractivity contribution is 0.251. The normalized spacial score (nSPS) is 10.7. The number of hydrogen-bond acceptors (Lipinski definition) is 4. The fourth-order valence-corrected chi connectivity index (χ4v) is 2.15. The summed E-state index contributed by atoms with van der Waals surface area (Å²) in [6, 6.07) is 3.42. The summed E-state index contributed by atoms with van der Waals surface area (Å²) in [5.74, 6) is -1.74. The molecule has 0 saturated heterocycles. The lowest BCUT2D eigenvalue weighted by atomic mass is 10.1. The molecule has 0 heterocycles. The molecule has 0 spiro atoms. The lowest BCUT2D eigenvalue weighted by Crippen LogP contribution is -2.04. The lowest BCUT2D eigenvalue weighted by Gasteiger charge is -2.14. The molecular formula is C11H15F2NO2S. The molecule has 0 aliphatic heterocycles. The molecule has 0 fully saturated rings. The van der Waals surface area contributed by atoms with Gasteiger partial charge in [0.15, 0.2) is 0 Å². The predicted molar refractivity (Wildman–Crippen MR) is 64.2 cm³/mol. The summed E-state index contributed by atoms with van der Waals surface area (Å²) in [6.45, 7) is 0.480. The van der Waals surface area contributed by atoms with E-state index < -0.39 is 5.76 Å². The highest BCUT2D eigenvalue weighted by molar-refractivity contribution is 7.99. The van der Waals surface area contributed by atoms with Gasteiger partial charge in [-0.05, 0) is 42.4 Å². The number of thioether (sulfide) groups is 1. The number of ether oxygens (including phenoxy) is 2. The average molecular weight is 263 g/mol. The van der Waals surface area contributed by atoms with Crippen molar-refractivity contribution >= 4 is 11.8 Å². The first kappa shape index (κ1) is 14.1. The standard InChI is InChI=1S/C11H15F2NO2S/c1-15-8-5-7(3-4-14)6-9(16-2)10(8)17-11(12)13/h5-6,11H,3-4,14H2,1-2H3. The molecule has 1 aromatic carbocycles. The molecule has 0 radical (unpaired) electrons. The topological polar surface area (TPSA) is 44.5 Å². The van der Waals surface area contributed by atoms with E-state index in [1.807, 2.05) is 0 Å². The highest BCUT2D eigenvalue weighted by atomic mass is 32.2. The zero-order valence-corrected chi connectivity index (χ0v) is 10.5. The molecule has 0 unspecified atom stereocenters. The Morgan fingerprint density at radius 1 is 1.24 bits per heavy atom. The molecule has 3 nitrogen and oxygen atoms in total. The summed E-state index contributed by atoms with van der Waals surface area (Å²) in [5, 5.41) is 0. The van der Waals surface area contributed by atoms with Crippen LogP contribution in [-0.2, 0) is 6.42 Å². The van der Waals surface area contributed by atoms with Crippen LogP contribution in [0, 0.1) is 0 Å². The highest BCUT2D eigenvalue weighted by Gasteiger charge is 2.17. The Morgan fingerprint density at radius 3 is 2.12 bits per heavy atom. The Labute approximate surface area is 103 Å². The van der Waals surface area contributed by atoms with Crippen molar-refractivity contribution in [2.45, 2.75) is 17.1 Å². The maximum atomic E-state index is 12.4. The average Bonchev–Trinajstić information content (AvgIpc) is 2.30. The number of alkyl halides is 2.